The Labute approximate surface area is 207 Å². The minimum atomic E-state index is -0.324. The van der Waals surface area contributed by atoms with Crippen LogP contribution in [0.15, 0.2) is 53.3 Å². The average molecular weight is 490 g/mol. The Morgan fingerprint density at radius 2 is 1.89 bits per heavy atom. The van der Waals surface area contributed by atoms with Gasteiger partial charge in [0.25, 0.3) is 5.56 Å². The Morgan fingerprint density at radius 1 is 1.09 bits per heavy atom. The largest absolute Gasteiger partial charge is 0.497 e. The molecule has 1 aliphatic rings. The van der Waals surface area contributed by atoms with Crippen molar-refractivity contribution < 1.29 is 14.3 Å². The fourth-order valence-electron chi connectivity index (χ4n) is 4.59. The van der Waals surface area contributed by atoms with Crippen molar-refractivity contribution in [3.63, 3.8) is 0 Å². The average Bonchev–Trinajstić information content (AvgIpc) is 3.25. The van der Waals surface area contributed by atoms with E-state index in [0.29, 0.717) is 34.8 Å². The lowest BCUT2D eigenvalue weighted by Gasteiger charge is -2.15. The van der Waals surface area contributed by atoms with Crippen molar-refractivity contribution in [2.75, 3.05) is 19.5 Å². The fraction of sp³-hybridized carbons (Fsp3) is 0.296. The van der Waals surface area contributed by atoms with E-state index < -0.39 is 0 Å². The predicted octanol–water partition coefficient (Wildman–Crippen LogP) is 4.58. The zero-order valence-electron chi connectivity index (χ0n) is 19.8. The molecule has 1 amide bonds. The lowest BCUT2D eigenvalue weighted by Crippen LogP contribution is -2.31. The molecular weight excluding hydrogens is 462 g/mol. The van der Waals surface area contributed by atoms with Crippen LogP contribution < -0.4 is 20.3 Å². The maximum atomic E-state index is 13.8. The Kier molecular flexibility index (Phi) is 6.55. The number of thiophene rings is 1. The summed E-state index contributed by atoms with van der Waals surface area (Å²) in [7, 11) is 3.10. The number of aryl methyl sites for hydroxylation is 2. The number of nitrogens with zero attached hydrogens (tertiary/aromatic N) is 2. The summed E-state index contributed by atoms with van der Waals surface area (Å²) < 4.78 is 12.2. The molecule has 0 atom stereocenters. The third-order valence-electron chi connectivity index (χ3n) is 6.34. The van der Waals surface area contributed by atoms with Crippen LogP contribution in [0, 0.1) is 0 Å². The van der Waals surface area contributed by atoms with Crippen LogP contribution in [-0.2, 0) is 30.6 Å². The molecule has 0 fully saturated rings. The summed E-state index contributed by atoms with van der Waals surface area (Å²) in [6.07, 6.45) is 4.55. The number of anilines is 1. The molecule has 7 nitrogen and oxygen atoms in total. The predicted molar refractivity (Wildman–Crippen MR) is 138 cm³/mol. The summed E-state index contributed by atoms with van der Waals surface area (Å²) in [4.78, 5) is 33.9. The van der Waals surface area contributed by atoms with Crippen molar-refractivity contribution >= 4 is 33.1 Å². The SMILES string of the molecule is COc1ccc(NC(=O)Cn2c(Cc3ccccc3)nc3sc4c(c3c2=O)CCCC4)c(OC)c1. The number of hydrogen-bond donors (Lipinski definition) is 1. The van der Waals surface area contributed by atoms with Gasteiger partial charge in [-0.25, -0.2) is 4.98 Å². The Hall–Kier alpha value is -3.65. The molecule has 1 N–H and O–H groups in total. The van der Waals surface area contributed by atoms with Gasteiger partial charge >= 0.3 is 0 Å². The van der Waals surface area contributed by atoms with Gasteiger partial charge < -0.3 is 14.8 Å². The van der Waals surface area contributed by atoms with Crippen molar-refractivity contribution in [2.45, 2.75) is 38.6 Å². The van der Waals surface area contributed by atoms with E-state index >= 15 is 0 Å². The summed E-state index contributed by atoms with van der Waals surface area (Å²) in [5.74, 6) is 1.37. The number of benzene rings is 2. The van der Waals surface area contributed by atoms with E-state index in [1.54, 1.807) is 36.6 Å². The molecular formula is C27H27N3O4S. The minimum Gasteiger partial charge on any atom is -0.497 e. The van der Waals surface area contributed by atoms with Gasteiger partial charge in [0.05, 0.1) is 25.3 Å². The van der Waals surface area contributed by atoms with Crippen LogP contribution in [0.5, 0.6) is 11.5 Å². The highest BCUT2D eigenvalue weighted by molar-refractivity contribution is 7.18. The Balaban J connectivity index is 1.53. The molecule has 0 aliphatic heterocycles. The number of amides is 1. The molecule has 2 aromatic carbocycles. The monoisotopic (exact) mass is 489 g/mol. The summed E-state index contributed by atoms with van der Waals surface area (Å²) in [5, 5.41) is 3.56. The summed E-state index contributed by atoms with van der Waals surface area (Å²) >= 11 is 1.62. The van der Waals surface area contributed by atoms with Gasteiger partial charge in [0.1, 0.15) is 28.7 Å². The first-order chi connectivity index (χ1) is 17.1. The maximum Gasteiger partial charge on any atom is 0.263 e. The number of fused-ring (bicyclic) bond motifs is 3. The molecule has 0 radical (unpaired) electrons. The number of nitrogens with one attached hydrogen (secondary N) is 1. The van der Waals surface area contributed by atoms with E-state index in [0.717, 1.165) is 41.6 Å². The highest BCUT2D eigenvalue weighted by atomic mass is 32.1. The molecule has 0 bridgehead atoms. The fourth-order valence-corrected chi connectivity index (χ4v) is 5.86. The first-order valence-electron chi connectivity index (χ1n) is 11.7. The molecule has 0 unspecified atom stereocenters. The first kappa shape index (κ1) is 23.1. The molecule has 35 heavy (non-hydrogen) atoms. The zero-order valence-corrected chi connectivity index (χ0v) is 20.6. The standard InChI is InChI=1S/C27H27N3O4S/c1-33-18-12-13-20(21(15-18)34-2)28-24(31)16-30-23(14-17-8-4-3-5-9-17)29-26-25(27(30)32)19-10-6-7-11-22(19)35-26/h3-5,8-9,12-13,15H,6-7,10-11,14,16H2,1-2H3,(H,28,31). The second-order valence-corrected chi connectivity index (χ2v) is 9.67. The van der Waals surface area contributed by atoms with Crippen molar-refractivity contribution in [2.24, 2.45) is 0 Å². The molecule has 4 aromatic rings. The number of carbonyl (C=O) groups is 1. The number of carbonyl (C=O) groups excluding carboxylic acids is 1. The molecule has 8 heteroatoms. The van der Waals surface area contributed by atoms with Crippen molar-refractivity contribution in [3.8, 4) is 11.5 Å². The van der Waals surface area contributed by atoms with E-state index in [1.165, 1.54) is 16.6 Å². The molecule has 2 heterocycles. The zero-order chi connectivity index (χ0) is 24.4. The lowest BCUT2D eigenvalue weighted by atomic mass is 9.97. The Morgan fingerprint density at radius 3 is 2.66 bits per heavy atom. The lowest BCUT2D eigenvalue weighted by molar-refractivity contribution is -0.116. The summed E-state index contributed by atoms with van der Waals surface area (Å²) in [5.41, 5.74) is 2.52. The van der Waals surface area contributed by atoms with Gasteiger partial charge in [-0.2, -0.15) is 0 Å². The molecule has 180 valence electrons. The van der Waals surface area contributed by atoms with Crippen LogP contribution in [0.25, 0.3) is 10.2 Å². The van der Waals surface area contributed by atoms with E-state index in [4.69, 9.17) is 14.5 Å². The van der Waals surface area contributed by atoms with Gasteiger partial charge in [-0.05, 0) is 48.9 Å². The van der Waals surface area contributed by atoms with Gasteiger partial charge in [0.15, 0.2) is 0 Å². The van der Waals surface area contributed by atoms with Crippen LogP contribution in [0.3, 0.4) is 0 Å². The van der Waals surface area contributed by atoms with Gasteiger partial charge in [-0.15, -0.1) is 11.3 Å². The molecule has 1 aliphatic carbocycles. The molecule has 2 aromatic heterocycles. The Bertz CT molecular complexity index is 1440. The molecule has 0 saturated carbocycles. The molecule has 0 spiro atoms. The van der Waals surface area contributed by atoms with Crippen molar-refractivity contribution in [1.82, 2.24) is 9.55 Å². The van der Waals surface area contributed by atoms with E-state index in [-0.39, 0.29) is 18.0 Å². The quantitative estimate of drug-likeness (QED) is 0.411. The highest BCUT2D eigenvalue weighted by Crippen LogP contribution is 2.34. The number of hydrogen-bond acceptors (Lipinski definition) is 6. The van der Waals surface area contributed by atoms with Crippen LogP contribution in [0.2, 0.25) is 0 Å². The van der Waals surface area contributed by atoms with Crippen LogP contribution >= 0.6 is 11.3 Å². The third-order valence-corrected chi connectivity index (χ3v) is 7.53. The van der Waals surface area contributed by atoms with E-state index in [2.05, 4.69) is 5.32 Å². The van der Waals surface area contributed by atoms with Crippen molar-refractivity contribution in [3.05, 3.63) is 80.7 Å². The van der Waals surface area contributed by atoms with Crippen LogP contribution in [-0.4, -0.2) is 29.7 Å². The summed E-state index contributed by atoms with van der Waals surface area (Å²) in [6, 6.07) is 15.1. The topological polar surface area (TPSA) is 82.5 Å². The number of rotatable bonds is 7. The van der Waals surface area contributed by atoms with Gasteiger partial charge in [0.2, 0.25) is 5.91 Å². The van der Waals surface area contributed by atoms with E-state index in [1.807, 2.05) is 30.3 Å². The van der Waals surface area contributed by atoms with Crippen LogP contribution in [0.4, 0.5) is 5.69 Å². The number of aromatic nitrogens is 2. The highest BCUT2D eigenvalue weighted by Gasteiger charge is 2.23. The maximum absolute atomic E-state index is 13.8. The van der Waals surface area contributed by atoms with E-state index in [9.17, 15) is 9.59 Å². The minimum absolute atomic E-state index is 0.135. The smallest absolute Gasteiger partial charge is 0.263 e. The van der Waals surface area contributed by atoms with Gasteiger partial charge in [0, 0.05) is 17.4 Å². The van der Waals surface area contributed by atoms with Crippen molar-refractivity contribution in [1.29, 1.82) is 0 Å². The number of ether oxygens (including phenoxy) is 2. The summed E-state index contributed by atoms with van der Waals surface area (Å²) in [6.45, 7) is -0.135. The third kappa shape index (κ3) is 4.66. The van der Waals surface area contributed by atoms with Crippen LogP contribution in [0.1, 0.15) is 34.7 Å². The van der Waals surface area contributed by atoms with Gasteiger partial charge in [-0.3, -0.25) is 14.2 Å². The molecule has 0 saturated heterocycles. The normalized spacial score (nSPS) is 12.9. The van der Waals surface area contributed by atoms with Gasteiger partial charge in [-0.1, -0.05) is 30.3 Å². The second kappa shape index (κ2) is 9.92. The second-order valence-electron chi connectivity index (χ2n) is 8.59. The first-order valence-corrected chi connectivity index (χ1v) is 12.5. The number of methoxy groups -OCH3 is 2. The molecule has 5 rings (SSSR count).